The van der Waals surface area contributed by atoms with Gasteiger partial charge < -0.3 is 19.7 Å². The van der Waals surface area contributed by atoms with Crippen LogP contribution in [-0.4, -0.2) is 30.6 Å². The molecule has 136 valence electrons. The predicted octanol–water partition coefficient (Wildman–Crippen LogP) is 4.59. The van der Waals surface area contributed by atoms with Crippen molar-refractivity contribution in [2.75, 3.05) is 19.0 Å². The van der Waals surface area contributed by atoms with Crippen molar-refractivity contribution in [1.29, 1.82) is 0 Å². The average molecular weight is 417 g/mol. The second-order valence-corrected chi connectivity index (χ2v) is 7.36. The first-order chi connectivity index (χ1) is 12.6. The molecule has 1 heterocycles. The van der Waals surface area contributed by atoms with Crippen LogP contribution in [0.25, 0.3) is 0 Å². The maximum atomic E-state index is 13.1. The molecule has 2 aromatic rings. The van der Waals surface area contributed by atoms with Crippen LogP contribution < -0.4 is 14.8 Å². The third-order valence-corrected chi connectivity index (χ3v) is 5.35. The molecule has 1 atom stereocenters. The van der Waals surface area contributed by atoms with Crippen LogP contribution in [0.2, 0.25) is 0 Å². The van der Waals surface area contributed by atoms with E-state index < -0.39 is 0 Å². The van der Waals surface area contributed by atoms with Crippen molar-refractivity contribution >= 4 is 27.5 Å². The Kier molecular flexibility index (Phi) is 4.53. The summed E-state index contributed by atoms with van der Waals surface area (Å²) in [7, 11) is 1.63. The number of rotatable bonds is 5. The highest BCUT2D eigenvalue weighted by Gasteiger charge is 2.42. The van der Waals surface area contributed by atoms with E-state index in [2.05, 4.69) is 21.2 Å². The number of amides is 1. The number of benzene rings is 2. The van der Waals surface area contributed by atoms with Crippen LogP contribution in [0.4, 0.5) is 5.69 Å². The molecule has 1 aliphatic heterocycles. The Hall–Kier alpha value is -2.21. The molecular weight excluding hydrogens is 396 g/mol. The van der Waals surface area contributed by atoms with Crippen molar-refractivity contribution < 1.29 is 14.3 Å². The summed E-state index contributed by atoms with van der Waals surface area (Å²) in [6, 6.07) is 11.9. The maximum absolute atomic E-state index is 13.1. The Morgan fingerprint density at radius 2 is 2.04 bits per heavy atom. The van der Waals surface area contributed by atoms with Crippen LogP contribution in [0, 0.1) is 0 Å². The number of carbonyl (C=O) groups is 1. The summed E-state index contributed by atoms with van der Waals surface area (Å²) in [6.07, 6.45) is 1.86. The fourth-order valence-corrected chi connectivity index (χ4v) is 4.00. The van der Waals surface area contributed by atoms with Gasteiger partial charge in [-0.15, -0.1) is 0 Å². The van der Waals surface area contributed by atoms with Gasteiger partial charge in [0.15, 0.2) is 11.5 Å². The fourth-order valence-electron chi connectivity index (χ4n) is 3.42. The van der Waals surface area contributed by atoms with Crippen LogP contribution in [-0.2, 0) is 0 Å². The van der Waals surface area contributed by atoms with Crippen LogP contribution in [0.15, 0.2) is 40.9 Å². The smallest absolute Gasteiger partial charge is 0.258 e. The van der Waals surface area contributed by atoms with E-state index >= 15 is 0 Å². The minimum atomic E-state index is -0.231. The van der Waals surface area contributed by atoms with Gasteiger partial charge in [0.05, 0.1) is 23.8 Å². The number of hydrogen-bond donors (Lipinski definition) is 1. The molecule has 5 nitrogen and oxygen atoms in total. The van der Waals surface area contributed by atoms with Crippen molar-refractivity contribution in [2.45, 2.75) is 32.0 Å². The molecule has 1 saturated carbocycles. The maximum Gasteiger partial charge on any atom is 0.258 e. The van der Waals surface area contributed by atoms with E-state index in [1.54, 1.807) is 7.11 Å². The molecule has 26 heavy (non-hydrogen) atoms. The number of nitrogens with zero attached hydrogens (tertiary/aromatic N) is 1. The minimum Gasteiger partial charge on any atom is -0.493 e. The summed E-state index contributed by atoms with van der Waals surface area (Å²) in [6.45, 7) is 2.49. The molecule has 4 rings (SSSR count). The Bertz CT molecular complexity index is 851. The van der Waals surface area contributed by atoms with Gasteiger partial charge in [-0.1, -0.05) is 12.1 Å². The first-order valence-electron chi connectivity index (χ1n) is 8.82. The van der Waals surface area contributed by atoms with E-state index in [9.17, 15) is 4.79 Å². The number of para-hydroxylation sites is 1. The number of anilines is 1. The predicted molar refractivity (Wildman–Crippen MR) is 104 cm³/mol. The lowest BCUT2D eigenvalue weighted by Crippen LogP contribution is -2.44. The molecule has 2 aromatic carbocycles. The summed E-state index contributed by atoms with van der Waals surface area (Å²) in [4.78, 5) is 15.1. The highest BCUT2D eigenvalue weighted by molar-refractivity contribution is 9.10. The van der Waals surface area contributed by atoms with Crippen molar-refractivity contribution in [2.24, 2.45) is 0 Å². The second kappa shape index (κ2) is 6.83. The molecule has 0 aromatic heterocycles. The third kappa shape index (κ3) is 2.92. The number of halogens is 1. The SMILES string of the molecule is CCOc1c(Br)cc([C@H]2Nc3ccccc3C(=O)N2C2CC2)cc1OC. The monoisotopic (exact) mass is 416 g/mol. The van der Waals surface area contributed by atoms with Gasteiger partial charge in [0.25, 0.3) is 5.91 Å². The van der Waals surface area contributed by atoms with Gasteiger partial charge in [-0.05, 0) is 65.5 Å². The lowest BCUT2D eigenvalue weighted by atomic mass is 10.0. The Morgan fingerprint density at radius 3 is 2.73 bits per heavy atom. The molecular formula is C20H21BrN2O3. The lowest BCUT2D eigenvalue weighted by molar-refractivity contribution is 0.0666. The van der Waals surface area contributed by atoms with Crippen molar-refractivity contribution in [3.8, 4) is 11.5 Å². The summed E-state index contributed by atoms with van der Waals surface area (Å²) in [5.41, 5.74) is 2.56. The molecule has 6 heteroatoms. The first-order valence-corrected chi connectivity index (χ1v) is 9.61. The molecule has 2 aliphatic rings. The summed E-state index contributed by atoms with van der Waals surface area (Å²) >= 11 is 3.59. The van der Waals surface area contributed by atoms with E-state index in [-0.39, 0.29) is 18.1 Å². The van der Waals surface area contributed by atoms with E-state index in [1.165, 1.54) is 0 Å². The van der Waals surface area contributed by atoms with Crippen molar-refractivity contribution in [1.82, 2.24) is 4.90 Å². The Morgan fingerprint density at radius 1 is 1.27 bits per heavy atom. The van der Waals surface area contributed by atoms with Crippen LogP contribution >= 0.6 is 15.9 Å². The Labute approximate surface area is 161 Å². The third-order valence-electron chi connectivity index (χ3n) is 4.76. The van der Waals surface area contributed by atoms with Gasteiger partial charge >= 0.3 is 0 Å². The van der Waals surface area contributed by atoms with Crippen molar-refractivity contribution in [3.05, 3.63) is 52.0 Å². The van der Waals surface area contributed by atoms with Gasteiger partial charge in [0.1, 0.15) is 6.17 Å². The van der Waals surface area contributed by atoms with E-state index in [0.717, 1.165) is 34.1 Å². The zero-order valence-corrected chi connectivity index (χ0v) is 16.4. The fraction of sp³-hybridized carbons (Fsp3) is 0.350. The quantitative estimate of drug-likeness (QED) is 0.774. The standard InChI is InChI=1S/C20H21BrN2O3/c1-3-26-18-15(21)10-12(11-17(18)25-2)19-22-16-7-5-4-6-14(16)20(24)23(19)13-8-9-13/h4-7,10-11,13,19,22H,3,8-9H2,1-2H3/t19-/m0/s1. The highest BCUT2D eigenvalue weighted by Crippen LogP contribution is 2.44. The molecule has 0 unspecified atom stereocenters. The Balaban J connectivity index is 1.78. The van der Waals surface area contributed by atoms with E-state index in [0.29, 0.717) is 18.1 Å². The van der Waals surface area contributed by atoms with E-state index in [4.69, 9.17) is 9.47 Å². The zero-order chi connectivity index (χ0) is 18.3. The number of methoxy groups -OCH3 is 1. The minimum absolute atomic E-state index is 0.0795. The number of fused-ring (bicyclic) bond motifs is 1. The van der Waals surface area contributed by atoms with Crippen LogP contribution in [0.1, 0.15) is 41.9 Å². The van der Waals surface area contributed by atoms with Gasteiger partial charge in [0.2, 0.25) is 0 Å². The van der Waals surface area contributed by atoms with Crippen LogP contribution in [0.5, 0.6) is 11.5 Å². The molecule has 1 fully saturated rings. The summed E-state index contributed by atoms with van der Waals surface area (Å²) in [5.74, 6) is 1.41. The topological polar surface area (TPSA) is 50.8 Å². The van der Waals surface area contributed by atoms with Gasteiger partial charge in [-0.2, -0.15) is 0 Å². The van der Waals surface area contributed by atoms with Gasteiger partial charge in [-0.25, -0.2) is 0 Å². The van der Waals surface area contributed by atoms with E-state index in [1.807, 2.05) is 48.2 Å². The number of nitrogens with one attached hydrogen (secondary N) is 1. The molecule has 0 saturated heterocycles. The summed E-state index contributed by atoms with van der Waals surface area (Å²) in [5, 5.41) is 3.53. The van der Waals surface area contributed by atoms with Gasteiger partial charge in [0, 0.05) is 11.7 Å². The molecule has 1 amide bonds. The highest BCUT2D eigenvalue weighted by atomic mass is 79.9. The summed E-state index contributed by atoms with van der Waals surface area (Å²) < 4.78 is 12.0. The number of hydrogen-bond acceptors (Lipinski definition) is 4. The zero-order valence-electron chi connectivity index (χ0n) is 14.8. The molecule has 1 aliphatic carbocycles. The normalized spacial score (nSPS) is 19.0. The number of carbonyl (C=O) groups excluding carboxylic acids is 1. The molecule has 1 N–H and O–H groups in total. The van der Waals surface area contributed by atoms with Gasteiger partial charge in [-0.3, -0.25) is 4.79 Å². The largest absolute Gasteiger partial charge is 0.493 e. The first kappa shape index (κ1) is 17.2. The van der Waals surface area contributed by atoms with Crippen LogP contribution in [0.3, 0.4) is 0 Å². The lowest BCUT2D eigenvalue weighted by Gasteiger charge is -2.38. The number of ether oxygens (including phenoxy) is 2. The molecule has 0 spiro atoms. The molecule has 0 bridgehead atoms. The second-order valence-electron chi connectivity index (χ2n) is 6.50. The average Bonchev–Trinajstić information content (AvgIpc) is 3.48. The molecule has 0 radical (unpaired) electrons. The van der Waals surface area contributed by atoms with Crippen molar-refractivity contribution in [3.63, 3.8) is 0 Å².